The molecule has 86 valence electrons. The summed E-state index contributed by atoms with van der Waals surface area (Å²) in [5.74, 6) is 0.704. The second kappa shape index (κ2) is 6.41. The Balaban J connectivity index is 3.91. The van der Waals surface area contributed by atoms with Crippen LogP contribution in [0.15, 0.2) is 0 Å². The molecule has 2 nitrogen and oxygen atoms in total. The normalized spacial score (nSPS) is 20.1. The van der Waals surface area contributed by atoms with Crippen LogP contribution in [0.5, 0.6) is 0 Å². The van der Waals surface area contributed by atoms with Gasteiger partial charge in [-0.15, -0.1) is 0 Å². The van der Waals surface area contributed by atoms with E-state index in [9.17, 15) is 5.11 Å². The zero-order valence-electron chi connectivity index (χ0n) is 10.4. The molecule has 0 rings (SSSR count). The predicted octanol–water partition coefficient (Wildman–Crippen LogP) is 2.42. The summed E-state index contributed by atoms with van der Waals surface area (Å²) in [4.78, 5) is 0. The Kier molecular flexibility index (Phi) is 6.38. The van der Waals surface area contributed by atoms with E-state index >= 15 is 0 Å². The van der Waals surface area contributed by atoms with Gasteiger partial charge in [0.15, 0.2) is 0 Å². The molecule has 14 heavy (non-hydrogen) atoms. The van der Waals surface area contributed by atoms with E-state index in [1.54, 1.807) is 0 Å². The molecule has 0 aromatic heterocycles. The van der Waals surface area contributed by atoms with Crippen LogP contribution in [-0.2, 0) is 0 Å². The lowest BCUT2D eigenvalue weighted by Crippen LogP contribution is -2.41. The molecule has 0 fully saturated rings. The summed E-state index contributed by atoms with van der Waals surface area (Å²) in [6, 6.07) is 0.539. The van der Waals surface area contributed by atoms with Crippen molar-refractivity contribution >= 4 is 0 Å². The van der Waals surface area contributed by atoms with Crippen LogP contribution in [0.2, 0.25) is 0 Å². The maximum Gasteiger partial charge on any atom is 0.0496 e. The zero-order chi connectivity index (χ0) is 11.2. The number of nitrogens with one attached hydrogen (secondary N) is 1. The van der Waals surface area contributed by atoms with E-state index in [-0.39, 0.29) is 12.0 Å². The van der Waals surface area contributed by atoms with Gasteiger partial charge in [0.25, 0.3) is 0 Å². The van der Waals surface area contributed by atoms with Crippen LogP contribution in [0.4, 0.5) is 0 Å². The van der Waals surface area contributed by atoms with Crippen molar-refractivity contribution < 1.29 is 5.11 Å². The van der Waals surface area contributed by atoms with E-state index in [1.165, 1.54) is 6.42 Å². The molecule has 0 amide bonds. The van der Waals surface area contributed by atoms with Crippen LogP contribution in [0.1, 0.15) is 47.5 Å². The molecular weight excluding hydrogens is 174 g/mol. The van der Waals surface area contributed by atoms with Crippen molar-refractivity contribution in [2.45, 2.75) is 53.5 Å². The lowest BCUT2D eigenvalue weighted by atomic mass is 9.88. The first-order valence-electron chi connectivity index (χ1n) is 5.83. The fourth-order valence-corrected chi connectivity index (χ4v) is 1.25. The Morgan fingerprint density at radius 3 is 2.21 bits per heavy atom. The Bertz CT molecular complexity index is 143. The summed E-state index contributed by atoms with van der Waals surface area (Å²) in [5, 5.41) is 12.8. The third-order valence-corrected chi connectivity index (χ3v) is 3.58. The van der Waals surface area contributed by atoms with Gasteiger partial charge in [-0.1, -0.05) is 34.1 Å². The van der Waals surface area contributed by atoms with Gasteiger partial charge >= 0.3 is 0 Å². The van der Waals surface area contributed by atoms with Crippen molar-refractivity contribution in [2.75, 3.05) is 13.2 Å². The molecule has 2 N–H and O–H groups in total. The molecule has 0 saturated heterocycles. The summed E-state index contributed by atoms with van der Waals surface area (Å²) < 4.78 is 0. The molecule has 0 aromatic rings. The highest BCUT2D eigenvalue weighted by Gasteiger charge is 2.22. The topological polar surface area (TPSA) is 32.3 Å². The van der Waals surface area contributed by atoms with E-state index in [1.807, 2.05) is 0 Å². The molecule has 3 atom stereocenters. The second-order valence-electron chi connectivity index (χ2n) is 4.88. The van der Waals surface area contributed by atoms with Crippen LogP contribution in [-0.4, -0.2) is 24.3 Å². The standard InChI is InChI=1S/C12H27NO/c1-6-10(3)11(4)13-8-12(5,7-2)9-14/h10-11,13-14H,6-9H2,1-5H3. The number of aliphatic hydroxyl groups excluding tert-OH is 1. The third kappa shape index (κ3) is 4.43. The molecule has 0 aliphatic heterocycles. The zero-order valence-corrected chi connectivity index (χ0v) is 10.4. The van der Waals surface area contributed by atoms with Gasteiger partial charge in [0.1, 0.15) is 0 Å². The minimum absolute atomic E-state index is 0.0434. The van der Waals surface area contributed by atoms with Gasteiger partial charge < -0.3 is 10.4 Å². The summed E-state index contributed by atoms with van der Waals surface area (Å²) in [6.07, 6.45) is 2.22. The van der Waals surface area contributed by atoms with E-state index in [0.717, 1.165) is 13.0 Å². The van der Waals surface area contributed by atoms with Crippen LogP contribution in [0.3, 0.4) is 0 Å². The van der Waals surface area contributed by atoms with Gasteiger partial charge in [-0.2, -0.15) is 0 Å². The first-order valence-corrected chi connectivity index (χ1v) is 5.83. The van der Waals surface area contributed by atoms with Crippen molar-refractivity contribution in [3.05, 3.63) is 0 Å². The Morgan fingerprint density at radius 1 is 1.29 bits per heavy atom. The Hall–Kier alpha value is -0.0800. The maximum absolute atomic E-state index is 9.25. The predicted molar refractivity (Wildman–Crippen MR) is 62.4 cm³/mol. The fraction of sp³-hybridized carbons (Fsp3) is 1.00. The Morgan fingerprint density at radius 2 is 1.86 bits per heavy atom. The summed E-state index contributed by atoms with van der Waals surface area (Å²) in [5.41, 5.74) is 0.0434. The van der Waals surface area contributed by atoms with Crippen molar-refractivity contribution in [3.63, 3.8) is 0 Å². The average molecular weight is 201 g/mol. The quantitative estimate of drug-likeness (QED) is 0.663. The molecule has 0 saturated carbocycles. The first-order chi connectivity index (χ1) is 6.49. The van der Waals surface area contributed by atoms with Gasteiger partial charge in [0, 0.05) is 24.6 Å². The summed E-state index contributed by atoms with van der Waals surface area (Å²) in [6.45, 7) is 12.1. The average Bonchev–Trinajstić information content (AvgIpc) is 2.24. The van der Waals surface area contributed by atoms with Gasteiger partial charge in [0.2, 0.25) is 0 Å². The molecule has 0 spiro atoms. The minimum Gasteiger partial charge on any atom is -0.396 e. The summed E-state index contributed by atoms with van der Waals surface area (Å²) >= 11 is 0. The number of aliphatic hydroxyl groups is 1. The number of rotatable bonds is 7. The lowest BCUT2D eigenvalue weighted by Gasteiger charge is -2.29. The molecule has 0 bridgehead atoms. The van der Waals surface area contributed by atoms with Crippen molar-refractivity contribution in [1.82, 2.24) is 5.32 Å². The fourth-order valence-electron chi connectivity index (χ4n) is 1.25. The third-order valence-electron chi connectivity index (χ3n) is 3.58. The maximum atomic E-state index is 9.25. The molecule has 0 aliphatic rings. The minimum atomic E-state index is 0.0434. The summed E-state index contributed by atoms with van der Waals surface area (Å²) in [7, 11) is 0. The molecule has 0 heterocycles. The van der Waals surface area contributed by atoms with Crippen molar-refractivity contribution in [2.24, 2.45) is 11.3 Å². The molecule has 0 radical (unpaired) electrons. The van der Waals surface area contributed by atoms with Gasteiger partial charge in [-0.25, -0.2) is 0 Å². The van der Waals surface area contributed by atoms with Crippen LogP contribution < -0.4 is 5.32 Å². The van der Waals surface area contributed by atoms with Crippen LogP contribution in [0, 0.1) is 11.3 Å². The second-order valence-corrected chi connectivity index (χ2v) is 4.88. The highest BCUT2D eigenvalue weighted by Crippen LogP contribution is 2.19. The van der Waals surface area contributed by atoms with Gasteiger partial charge in [-0.3, -0.25) is 0 Å². The van der Waals surface area contributed by atoms with E-state index in [0.29, 0.717) is 12.0 Å². The van der Waals surface area contributed by atoms with E-state index in [4.69, 9.17) is 0 Å². The highest BCUT2D eigenvalue weighted by molar-refractivity contribution is 4.77. The van der Waals surface area contributed by atoms with Gasteiger partial charge in [-0.05, 0) is 19.3 Å². The Labute approximate surface area is 89.1 Å². The van der Waals surface area contributed by atoms with E-state index in [2.05, 4.69) is 39.9 Å². The van der Waals surface area contributed by atoms with Gasteiger partial charge in [0.05, 0.1) is 0 Å². The molecular formula is C12H27NO. The number of hydrogen-bond donors (Lipinski definition) is 2. The SMILES string of the molecule is CCC(C)C(C)NCC(C)(CC)CO. The lowest BCUT2D eigenvalue weighted by molar-refractivity contribution is 0.129. The van der Waals surface area contributed by atoms with Crippen LogP contribution in [0.25, 0.3) is 0 Å². The highest BCUT2D eigenvalue weighted by atomic mass is 16.3. The monoisotopic (exact) mass is 201 g/mol. The molecule has 0 aliphatic carbocycles. The van der Waals surface area contributed by atoms with E-state index < -0.39 is 0 Å². The number of hydrogen-bond acceptors (Lipinski definition) is 2. The first kappa shape index (κ1) is 13.9. The molecule has 3 unspecified atom stereocenters. The largest absolute Gasteiger partial charge is 0.396 e. The van der Waals surface area contributed by atoms with Crippen molar-refractivity contribution in [3.8, 4) is 0 Å². The smallest absolute Gasteiger partial charge is 0.0496 e. The van der Waals surface area contributed by atoms with Crippen molar-refractivity contribution in [1.29, 1.82) is 0 Å². The molecule has 2 heteroatoms. The molecule has 0 aromatic carbocycles. The van der Waals surface area contributed by atoms with Crippen LogP contribution >= 0.6 is 0 Å².